The molecule has 4 nitrogen and oxygen atoms in total. The lowest BCUT2D eigenvalue weighted by Crippen LogP contribution is -2.33. The van der Waals surface area contributed by atoms with Gasteiger partial charge in [-0.05, 0) is 31.0 Å². The van der Waals surface area contributed by atoms with Crippen LogP contribution in [0, 0.1) is 0 Å². The number of benzene rings is 1. The molecule has 0 spiro atoms. The fraction of sp³-hybridized carbons (Fsp3) is 0.400. The van der Waals surface area contributed by atoms with Crippen molar-refractivity contribution in [3.63, 3.8) is 0 Å². The highest BCUT2D eigenvalue weighted by Gasteiger charge is 2.25. The maximum Gasteiger partial charge on any atom is 0.250 e. The van der Waals surface area contributed by atoms with Crippen molar-refractivity contribution in [1.29, 1.82) is 0 Å². The van der Waals surface area contributed by atoms with Gasteiger partial charge in [-0.1, -0.05) is 15.9 Å². The average molecular weight is 338 g/mol. The zero-order chi connectivity index (χ0) is 13.9. The number of nitrogens with one attached hydrogen (secondary N) is 1. The summed E-state index contributed by atoms with van der Waals surface area (Å²) in [4.78, 5) is 12.2. The Morgan fingerprint density at radius 1 is 1.35 bits per heavy atom. The van der Waals surface area contributed by atoms with Crippen LogP contribution < -0.4 is 10.1 Å². The first-order valence-electron chi connectivity index (χ1n) is 6.78. The molecule has 1 aromatic carbocycles. The molecule has 3 rings (SSSR count). The van der Waals surface area contributed by atoms with E-state index in [4.69, 9.17) is 9.47 Å². The molecule has 2 aliphatic rings. The first-order valence-corrected chi connectivity index (χ1v) is 7.57. The summed E-state index contributed by atoms with van der Waals surface area (Å²) in [5.74, 6) is 0.807. The minimum absolute atomic E-state index is 0.00780. The van der Waals surface area contributed by atoms with Gasteiger partial charge in [0.2, 0.25) is 0 Å². The van der Waals surface area contributed by atoms with E-state index in [1.165, 1.54) is 0 Å². The van der Waals surface area contributed by atoms with E-state index in [1.807, 2.05) is 18.2 Å². The quantitative estimate of drug-likeness (QED) is 0.902. The van der Waals surface area contributed by atoms with Crippen molar-refractivity contribution < 1.29 is 14.3 Å². The van der Waals surface area contributed by atoms with Crippen LogP contribution in [0.2, 0.25) is 0 Å². The molecule has 1 N–H and O–H groups in total. The van der Waals surface area contributed by atoms with E-state index in [9.17, 15) is 4.79 Å². The molecule has 2 heterocycles. The largest absolute Gasteiger partial charge is 0.501 e. The normalized spacial score (nSPS) is 21.1. The second-order valence-electron chi connectivity index (χ2n) is 4.96. The Bertz CT molecular complexity index is 556. The van der Waals surface area contributed by atoms with Crippen LogP contribution in [0.25, 0.3) is 0 Å². The van der Waals surface area contributed by atoms with E-state index < -0.39 is 0 Å². The molecule has 20 heavy (non-hydrogen) atoms. The molecule has 0 fully saturated rings. The van der Waals surface area contributed by atoms with E-state index in [0.29, 0.717) is 13.2 Å². The van der Waals surface area contributed by atoms with Crippen molar-refractivity contribution in [1.82, 2.24) is 5.32 Å². The zero-order valence-corrected chi connectivity index (χ0v) is 12.6. The number of carbonyl (C=O) groups excluding carboxylic acids is 1. The van der Waals surface area contributed by atoms with Crippen molar-refractivity contribution in [3.8, 4) is 5.75 Å². The highest BCUT2D eigenvalue weighted by molar-refractivity contribution is 9.10. The Labute approximate surface area is 126 Å². The maximum absolute atomic E-state index is 12.2. The number of hydrogen-bond donors (Lipinski definition) is 1. The fourth-order valence-electron chi connectivity index (χ4n) is 2.50. The molecule has 0 saturated heterocycles. The lowest BCUT2D eigenvalue weighted by molar-refractivity contribution is -0.118. The summed E-state index contributed by atoms with van der Waals surface area (Å²) in [6.07, 6.45) is 4.04. The smallest absolute Gasteiger partial charge is 0.250 e. The van der Waals surface area contributed by atoms with Crippen LogP contribution in [0.3, 0.4) is 0 Å². The van der Waals surface area contributed by atoms with Crippen molar-refractivity contribution in [2.45, 2.75) is 25.3 Å². The van der Waals surface area contributed by atoms with E-state index >= 15 is 0 Å². The molecule has 0 saturated carbocycles. The van der Waals surface area contributed by atoms with Crippen LogP contribution in [0.1, 0.15) is 30.9 Å². The maximum atomic E-state index is 12.2. The second-order valence-corrected chi connectivity index (χ2v) is 5.88. The molecule has 0 radical (unpaired) electrons. The highest BCUT2D eigenvalue weighted by Crippen LogP contribution is 2.34. The second kappa shape index (κ2) is 5.87. The molecule has 5 heteroatoms. The Morgan fingerprint density at radius 2 is 2.25 bits per heavy atom. The molecule has 1 amide bonds. The molecule has 1 unspecified atom stereocenters. The van der Waals surface area contributed by atoms with Gasteiger partial charge >= 0.3 is 0 Å². The highest BCUT2D eigenvalue weighted by atomic mass is 79.9. The summed E-state index contributed by atoms with van der Waals surface area (Å²) in [5.41, 5.74) is 1.75. The van der Waals surface area contributed by atoms with Crippen LogP contribution in [0.4, 0.5) is 0 Å². The number of hydrogen-bond acceptors (Lipinski definition) is 3. The van der Waals surface area contributed by atoms with Gasteiger partial charge in [0.1, 0.15) is 5.75 Å². The van der Waals surface area contributed by atoms with Gasteiger partial charge in [0.05, 0.1) is 31.1 Å². The van der Waals surface area contributed by atoms with Gasteiger partial charge in [-0.3, -0.25) is 4.79 Å². The number of fused-ring (bicyclic) bond motifs is 1. The van der Waals surface area contributed by atoms with E-state index in [-0.39, 0.29) is 11.9 Å². The average Bonchev–Trinajstić information content (AvgIpc) is 2.49. The first kappa shape index (κ1) is 13.5. The summed E-state index contributed by atoms with van der Waals surface area (Å²) in [5, 5.41) is 3.08. The molecular formula is C15H16BrNO3. The first-order chi connectivity index (χ1) is 9.74. The van der Waals surface area contributed by atoms with Crippen LogP contribution in [0.15, 0.2) is 34.5 Å². The molecule has 0 bridgehead atoms. The van der Waals surface area contributed by atoms with Gasteiger partial charge in [0.15, 0.2) is 0 Å². The number of rotatable bonds is 2. The minimum atomic E-state index is -0.0393. The van der Waals surface area contributed by atoms with E-state index in [2.05, 4.69) is 21.2 Å². The predicted octanol–water partition coefficient (Wildman–Crippen LogP) is 3.08. The van der Waals surface area contributed by atoms with Crippen molar-refractivity contribution >= 4 is 21.8 Å². The Morgan fingerprint density at radius 3 is 3.05 bits per heavy atom. The lowest BCUT2D eigenvalue weighted by Gasteiger charge is -2.27. The molecule has 106 valence electrons. The summed E-state index contributed by atoms with van der Waals surface area (Å²) in [6.45, 7) is 1.32. The van der Waals surface area contributed by atoms with Crippen molar-refractivity contribution in [2.75, 3.05) is 13.2 Å². The van der Waals surface area contributed by atoms with Gasteiger partial charge < -0.3 is 14.8 Å². The third kappa shape index (κ3) is 2.82. The SMILES string of the molecule is O=C(NC1CCOc2ccc(Br)cc21)C1=COCCC1. The van der Waals surface area contributed by atoms with Crippen LogP contribution in [-0.2, 0) is 9.53 Å². The molecule has 0 aliphatic carbocycles. The van der Waals surface area contributed by atoms with Crippen molar-refractivity contribution in [3.05, 3.63) is 40.1 Å². The van der Waals surface area contributed by atoms with Crippen LogP contribution in [0.5, 0.6) is 5.75 Å². The minimum Gasteiger partial charge on any atom is -0.501 e. The summed E-state index contributed by atoms with van der Waals surface area (Å²) < 4.78 is 11.8. The molecule has 1 atom stereocenters. The molecular weight excluding hydrogens is 322 g/mol. The van der Waals surface area contributed by atoms with Crippen LogP contribution >= 0.6 is 15.9 Å². The predicted molar refractivity (Wildman–Crippen MR) is 78.4 cm³/mol. The number of carbonyl (C=O) groups is 1. The topological polar surface area (TPSA) is 47.6 Å². The summed E-state index contributed by atoms with van der Waals surface area (Å²) in [7, 11) is 0. The number of amides is 1. The number of halogens is 1. The monoisotopic (exact) mass is 337 g/mol. The lowest BCUT2D eigenvalue weighted by atomic mass is 9.99. The summed E-state index contributed by atoms with van der Waals surface area (Å²) >= 11 is 3.46. The zero-order valence-electron chi connectivity index (χ0n) is 11.0. The van der Waals surface area contributed by atoms with Gasteiger partial charge in [-0.2, -0.15) is 0 Å². The Hall–Kier alpha value is -1.49. The fourth-order valence-corrected chi connectivity index (χ4v) is 2.88. The molecule has 0 aromatic heterocycles. The molecule has 2 aliphatic heterocycles. The number of ether oxygens (including phenoxy) is 2. The van der Waals surface area contributed by atoms with Gasteiger partial charge in [0.25, 0.3) is 5.91 Å². The van der Waals surface area contributed by atoms with E-state index in [0.717, 1.165) is 40.6 Å². The Kier molecular flexibility index (Phi) is 3.96. The van der Waals surface area contributed by atoms with Crippen molar-refractivity contribution in [2.24, 2.45) is 0 Å². The third-order valence-corrected chi connectivity index (χ3v) is 4.04. The standard InChI is InChI=1S/C15H16BrNO3/c16-11-3-4-14-12(8-11)13(5-7-20-14)17-15(18)10-2-1-6-19-9-10/h3-4,8-9,13H,1-2,5-7H2,(H,17,18). The van der Waals surface area contributed by atoms with Gasteiger partial charge in [-0.15, -0.1) is 0 Å². The molecule has 1 aromatic rings. The Balaban J connectivity index is 1.77. The van der Waals surface area contributed by atoms with Gasteiger partial charge in [0, 0.05) is 16.5 Å². The van der Waals surface area contributed by atoms with Gasteiger partial charge in [-0.25, -0.2) is 0 Å². The summed E-state index contributed by atoms with van der Waals surface area (Å²) in [6, 6.07) is 5.87. The van der Waals surface area contributed by atoms with E-state index in [1.54, 1.807) is 6.26 Å². The van der Waals surface area contributed by atoms with Crippen LogP contribution in [-0.4, -0.2) is 19.1 Å². The third-order valence-electron chi connectivity index (χ3n) is 3.54.